The van der Waals surface area contributed by atoms with Gasteiger partial charge in [-0.25, -0.2) is 19.6 Å². The first-order valence-corrected chi connectivity index (χ1v) is 11.7. The van der Waals surface area contributed by atoms with Gasteiger partial charge in [-0.2, -0.15) is 0 Å². The van der Waals surface area contributed by atoms with Crippen molar-refractivity contribution in [1.82, 2.24) is 0 Å². The Morgan fingerprint density at radius 1 is 0.650 bits per heavy atom. The molecule has 3 aromatic rings. The molecule has 5 rings (SSSR count). The molecule has 0 fully saturated rings. The molecule has 0 bridgehead atoms. The molecule has 0 saturated carbocycles. The number of nitrogens with zero attached hydrogens (tertiary/aromatic N) is 4. The van der Waals surface area contributed by atoms with Crippen LogP contribution in [0, 0.1) is 34.1 Å². The van der Waals surface area contributed by atoms with E-state index in [0.717, 1.165) is 0 Å². The first-order chi connectivity index (χ1) is 19.1. The summed E-state index contributed by atoms with van der Waals surface area (Å²) in [5.41, 5.74) is 2.59. The first kappa shape index (κ1) is 25.9. The lowest BCUT2D eigenvalue weighted by molar-refractivity contribution is -0.385. The SMILES string of the molecule is Cc1ccc(C2=NC(=Cc3ccc(C=C4N=C(c5ccc(C)c([N+](=O)[O-])c5)OC4=O)cc3)C(=O)O2)cc1[N+](=O)[O-]. The largest absolute Gasteiger partial charge is 0.402 e. The van der Waals surface area contributed by atoms with Gasteiger partial charge in [0.2, 0.25) is 11.8 Å². The number of aryl methyl sites for hydroxylation is 2. The number of cyclic esters (lactones) is 2. The van der Waals surface area contributed by atoms with Gasteiger partial charge in [-0.3, -0.25) is 20.2 Å². The topological polar surface area (TPSA) is 164 Å². The second kappa shape index (κ2) is 10.2. The van der Waals surface area contributed by atoms with Crippen molar-refractivity contribution in [3.05, 3.63) is 126 Å². The van der Waals surface area contributed by atoms with Gasteiger partial charge in [-0.05, 0) is 49.3 Å². The van der Waals surface area contributed by atoms with Crippen LogP contribution in [0.5, 0.6) is 0 Å². The van der Waals surface area contributed by atoms with Gasteiger partial charge in [0.1, 0.15) is 0 Å². The zero-order chi connectivity index (χ0) is 28.6. The average Bonchev–Trinajstić information content (AvgIpc) is 3.47. The van der Waals surface area contributed by atoms with Gasteiger partial charge in [-0.1, -0.05) is 36.4 Å². The Labute approximate surface area is 225 Å². The standard InChI is InChI=1S/C28H18N4O8/c1-15-3-9-19(13-23(15)31(35)36)25-29-21(27(33)39-25)11-17-5-7-18(8-6-17)12-22-28(34)40-26(30-22)20-10-4-16(2)24(14-20)32(37)38/h3-14H,1-2H3. The van der Waals surface area contributed by atoms with Gasteiger partial charge >= 0.3 is 11.9 Å². The summed E-state index contributed by atoms with van der Waals surface area (Å²) < 4.78 is 10.4. The molecule has 12 heteroatoms. The highest BCUT2D eigenvalue weighted by Crippen LogP contribution is 2.26. The van der Waals surface area contributed by atoms with E-state index in [1.165, 1.54) is 24.3 Å². The van der Waals surface area contributed by atoms with E-state index < -0.39 is 21.8 Å². The molecule has 12 nitrogen and oxygen atoms in total. The van der Waals surface area contributed by atoms with E-state index >= 15 is 0 Å². The van der Waals surface area contributed by atoms with Crippen molar-refractivity contribution in [3.63, 3.8) is 0 Å². The van der Waals surface area contributed by atoms with Gasteiger partial charge in [-0.15, -0.1) is 0 Å². The van der Waals surface area contributed by atoms with Crippen molar-refractivity contribution in [2.24, 2.45) is 9.98 Å². The molecule has 0 spiro atoms. The van der Waals surface area contributed by atoms with E-state index in [4.69, 9.17) is 9.47 Å². The number of hydrogen-bond acceptors (Lipinski definition) is 10. The van der Waals surface area contributed by atoms with E-state index in [1.807, 2.05) is 0 Å². The molecule has 0 radical (unpaired) electrons. The van der Waals surface area contributed by atoms with Crippen LogP contribution >= 0.6 is 0 Å². The maximum Gasteiger partial charge on any atom is 0.363 e. The number of hydrogen-bond donors (Lipinski definition) is 0. The molecule has 0 unspecified atom stereocenters. The van der Waals surface area contributed by atoms with Gasteiger partial charge in [0.25, 0.3) is 11.4 Å². The molecule has 0 aliphatic carbocycles. The fourth-order valence-electron chi connectivity index (χ4n) is 3.95. The number of carbonyl (C=O) groups excluding carboxylic acids is 2. The number of esters is 2. The summed E-state index contributed by atoms with van der Waals surface area (Å²) in [6, 6.07) is 15.6. The van der Waals surface area contributed by atoms with Crippen LogP contribution in [0.2, 0.25) is 0 Å². The molecule has 0 amide bonds. The Morgan fingerprint density at radius 2 is 1.02 bits per heavy atom. The lowest BCUT2D eigenvalue weighted by Gasteiger charge is -2.01. The van der Waals surface area contributed by atoms with Crippen molar-refractivity contribution in [2.45, 2.75) is 13.8 Å². The Kier molecular flexibility index (Phi) is 6.58. The van der Waals surface area contributed by atoms with Crippen LogP contribution in [-0.4, -0.2) is 33.6 Å². The van der Waals surface area contributed by atoms with E-state index in [0.29, 0.717) is 33.4 Å². The van der Waals surface area contributed by atoms with E-state index in [9.17, 15) is 29.8 Å². The third kappa shape index (κ3) is 5.13. The number of aliphatic imine (C=N–C) groups is 2. The fraction of sp³-hybridized carbons (Fsp3) is 0.0714. The minimum absolute atomic E-state index is 0.0186. The minimum Gasteiger partial charge on any atom is -0.402 e. The lowest BCUT2D eigenvalue weighted by atomic mass is 10.1. The van der Waals surface area contributed by atoms with Crippen LogP contribution in [0.25, 0.3) is 12.2 Å². The maximum absolute atomic E-state index is 12.4. The predicted octanol–water partition coefficient (Wildman–Crippen LogP) is 4.81. The van der Waals surface area contributed by atoms with Crippen molar-refractivity contribution < 1.29 is 28.9 Å². The molecule has 0 N–H and O–H groups in total. The summed E-state index contributed by atoms with van der Waals surface area (Å²) in [7, 11) is 0. The first-order valence-electron chi connectivity index (χ1n) is 11.7. The number of carbonyl (C=O) groups is 2. The number of benzene rings is 3. The molecule has 0 aromatic heterocycles. The van der Waals surface area contributed by atoms with Crippen LogP contribution in [0.4, 0.5) is 11.4 Å². The highest BCUT2D eigenvalue weighted by Gasteiger charge is 2.27. The fourth-order valence-corrected chi connectivity index (χ4v) is 3.95. The predicted molar refractivity (Wildman–Crippen MR) is 143 cm³/mol. The van der Waals surface area contributed by atoms with Crippen LogP contribution in [0.1, 0.15) is 33.4 Å². The van der Waals surface area contributed by atoms with Crippen molar-refractivity contribution in [3.8, 4) is 0 Å². The molecule has 0 saturated heterocycles. The third-order valence-corrected chi connectivity index (χ3v) is 6.09. The Balaban J connectivity index is 1.36. The van der Waals surface area contributed by atoms with Gasteiger partial charge in [0, 0.05) is 34.4 Å². The minimum atomic E-state index is -0.698. The van der Waals surface area contributed by atoms with E-state index in [1.54, 1.807) is 62.4 Å². The lowest BCUT2D eigenvalue weighted by Crippen LogP contribution is -2.06. The third-order valence-electron chi connectivity index (χ3n) is 6.09. The van der Waals surface area contributed by atoms with Crippen LogP contribution in [0.3, 0.4) is 0 Å². The molecule has 40 heavy (non-hydrogen) atoms. The summed E-state index contributed by atoms with van der Waals surface area (Å²) in [6.45, 7) is 3.21. The summed E-state index contributed by atoms with van der Waals surface area (Å²) in [5, 5.41) is 22.5. The van der Waals surface area contributed by atoms with Gasteiger partial charge < -0.3 is 9.47 Å². The normalized spacial score (nSPS) is 16.6. The van der Waals surface area contributed by atoms with Crippen molar-refractivity contribution in [1.29, 1.82) is 0 Å². The molecule has 198 valence electrons. The second-order valence-corrected chi connectivity index (χ2v) is 8.86. The molecule has 3 aromatic carbocycles. The monoisotopic (exact) mass is 538 g/mol. The second-order valence-electron chi connectivity index (χ2n) is 8.86. The number of ether oxygens (including phenoxy) is 2. The van der Waals surface area contributed by atoms with Gasteiger partial charge in [0.05, 0.1) is 9.85 Å². The Hall–Kier alpha value is -5.78. The van der Waals surface area contributed by atoms with E-state index in [-0.39, 0.29) is 34.6 Å². The molecule has 2 heterocycles. The molecule has 0 atom stereocenters. The highest BCUT2D eigenvalue weighted by atomic mass is 16.6. The molecular weight excluding hydrogens is 520 g/mol. The molecule has 2 aliphatic rings. The summed E-state index contributed by atoms with van der Waals surface area (Å²) in [5.74, 6) is -1.46. The Bertz CT molecular complexity index is 1620. The maximum atomic E-state index is 12.4. The zero-order valence-corrected chi connectivity index (χ0v) is 21.0. The van der Waals surface area contributed by atoms with Crippen LogP contribution < -0.4 is 0 Å². The number of nitro groups is 2. The van der Waals surface area contributed by atoms with Gasteiger partial charge in [0.15, 0.2) is 11.4 Å². The summed E-state index contributed by atoms with van der Waals surface area (Å²) in [6.07, 6.45) is 3.00. The molecular formula is C28H18N4O8. The molecule has 2 aliphatic heterocycles. The highest BCUT2D eigenvalue weighted by molar-refractivity contribution is 6.14. The summed E-state index contributed by atoms with van der Waals surface area (Å²) in [4.78, 5) is 54.5. The number of nitro benzene ring substituents is 2. The van der Waals surface area contributed by atoms with Crippen molar-refractivity contribution in [2.75, 3.05) is 0 Å². The zero-order valence-electron chi connectivity index (χ0n) is 21.0. The Morgan fingerprint density at radius 3 is 1.38 bits per heavy atom. The van der Waals surface area contributed by atoms with Crippen LogP contribution in [0.15, 0.2) is 82.0 Å². The quantitative estimate of drug-likeness (QED) is 0.187. The van der Waals surface area contributed by atoms with Crippen LogP contribution in [-0.2, 0) is 19.1 Å². The average molecular weight is 538 g/mol. The summed E-state index contributed by atoms with van der Waals surface area (Å²) >= 11 is 0. The smallest absolute Gasteiger partial charge is 0.363 e. The van der Waals surface area contributed by atoms with E-state index in [2.05, 4.69) is 9.98 Å². The van der Waals surface area contributed by atoms with Crippen molar-refractivity contribution >= 4 is 47.3 Å². The number of rotatable bonds is 6.